The number of benzene rings is 1. The summed E-state index contributed by atoms with van der Waals surface area (Å²) in [6, 6.07) is 4.86. The molecule has 6 heteroatoms. The fraction of sp³-hybridized carbons (Fsp3) is 0.429. The number of esters is 1. The number of carbonyl (C=O) groups excluding carboxylic acids is 2. The first kappa shape index (κ1) is 15.8. The molecule has 0 atom stereocenters. The van der Waals surface area contributed by atoms with E-state index in [0.29, 0.717) is 11.4 Å². The van der Waals surface area contributed by atoms with E-state index in [4.69, 9.17) is 5.73 Å². The first-order chi connectivity index (χ1) is 9.23. The summed E-state index contributed by atoms with van der Waals surface area (Å²) >= 11 is 0. The molecule has 0 unspecified atom stereocenters. The van der Waals surface area contributed by atoms with E-state index in [2.05, 4.69) is 15.4 Å². The number of anilines is 2. The molecule has 110 valence electrons. The molecule has 1 aromatic carbocycles. The lowest BCUT2D eigenvalue weighted by Gasteiger charge is -2.20. The number of carbonyl (C=O) groups is 2. The van der Waals surface area contributed by atoms with Crippen molar-refractivity contribution in [2.75, 3.05) is 24.7 Å². The molecule has 1 rings (SSSR count). The van der Waals surface area contributed by atoms with E-state index in [1.165, 1.54) is 7.11 Å². The predicted molar refractivity (Wildman–Crippen MR) is 78.6 cm³/mol. The minimum absolute atomic E-state index is 0.113. The van der Waals surface area contributed by atoms with E-state index in [1.54, 1.807) is 18.2 Å². The third-order valence-electron chi connectivity index (χ3n) is 2.43. The summed E-state index contributed by atoms with van der Waals surface area (Å²) in [6.07, 6.45) is 0. The van der Waals surface area contributed by atoms with Crippen LogP contribution in [0.5, 0.6) is 0 Å². The Labute approximate surface area is 118 Å². The van der Waals surface area contributed by atoms with E-state index in [1.807, 2.05) is 20.8 Å². The second kappa shape index (κ2) is 6.27. The Balaban J connectivity index is 2.70. The summed E-state index contributed by atoms with van der Waals surface area (Å²) in [7, 11) is 1.29. The van der Waals surface area contributed by atoms with Gasteiger partial charge in [-0.05, 0) is 39.0 Å². The molecular weight excluding hydrogens is 258 g/mol. The fourth-order valence-electron chi connectivity index (χ4n) is 1.60. The molecule has 0 spiro atoms. The maximum Gasteiger partial charge on any atom is 0.340 e. The van der Waals surface area contributed by atoms with Crippen molar-refractivity contribution in [3.05, 3.63) is 23.8 Å². The maximum atomic E-state index is 11.7. The van der Waals surface area contributed by atoms with Gasteiger partial charge in [0.05, 0.1) is 19.2 Å². The number of methoxy groups -OCH3 is 1. The van der Waals surface area contributed by atoms with Gasteiger partial charge < -0.3 is 21.1 Å². The topological polar surface area (TPSA) is 93.4 Å². The first-order valence-electron chi connectivity index (χ1n) is 6.25. The smallest absolute Gasteiger partial charge is 0.340 e. The molecule has 0 fully saturated rings. The average Bonchev–Trinajstić information content (AvgIpc) is 2.35. The molecule has 0 aliphatic carbocycles. The summed E-state index contributed by atoms with van der Waals surface area (Å²) in [5.41, 5.74) is 6.65. The van der Waals surface area contributed by atoms with Crippen LogP contribution in [0, 0.1) is 0 Å². The molecule has 0 aliphatic rings. The molecule has 20 heavy (non-hydrogen) atoms. The standard InChI is InChI=1S/C14H21N3O3/c1-14(2,3)17-12(18)8-16-9-5-6-11(15)10(7-9)13(19)20-4/h5-7,16H,8,15H2,1-4H3,(H,17,18). The highest BCUT2D eigenvalue weighted by molar-refractivity contribution is 5.96. The van der Waals surface area contributed by atoms with Gasteiger partial charge in [0.1, 0.15) is 0 Å². The summed E-state index contributed by atoms with van der Waals surface area (Å²) in [6.45, 7) is 5.83. The van der Waals surface area contributed by atoms with Crippen molar-refractivity contribution in [1.29, 1.82) is 0 Å². The van der Waals surface area contributed by atoms with Crippen molar-refractivity contribution in [2.24, 2.45) is 0 Å². The molecular formula is C14H21N3O3. The summed E-state index contributed by atoms with van der Waals surface area (Å²) < 4.78 is 4.64. The number of hydrogen-bond acceptors (Lipinski definition) is 5. The average molecular weight is 279 g/mol. The Morgan fingerprint density at radius 3 is 2.50 bits per heavy atom. The van der Waals surface area contributed by atoms with E-state index in [-0.39, 0.29) is 23.6 Å². The summed E-state index contributed by atoms with van der Waals surface area (Å²) in [5.74, 6) is -0.640. The van der Waals surface area contributed by atoms with Crippen molar-refractivity contribution in [1.82, 2.24) is 5.32 Å². The van der Waals surface area contributed by atoms with Crippen LogP contribution < -0.4 is 16.4 Å². The van der Waals surface area contributed by atoms with E-state index >= 15 is 0 Å². The van der Waals surface area contributed by atoms with Crippen LogP contribution >= 0.6 is 0 Å². The van der Waals surface area contributed by atoms with Crippen molar-refractivity contribution >= 4 is 23.3 Å². The molecule has 0 radical (unpaired) electrons. The number of rotatable bonds is 4. The fourth-order valence-corrected chi connectivity index (χ4v) is 1.60. The largest absolute Gasteiger partial charge is 0.465 e. The van der Waals surface area contributed by atoms with Gasteiger partial charge in [-0.15, -0.1) is 0 Å². The van der Waals surface area contributed by atoms with Crippen molar-refractivity contribution < 1.29 is 14.3 Å². The number of ether oxygens (including phenoxy) is 1. The molecule has 1 amide bonds. The summed E-state index contributed by atoms with van der Waals surface area (Å²) in [4.78, 5) is 23.2. The molecule has 0 saturated carbocycles. The molecule has 0 bridgehead atoms. The molecule has 0 heterocycles. The Hall–Kier alpha value is -2.24. The quantitative estimate of drug-likeness (QED) is 0.572. The zero-order valence-electron chi connectivity index (χ0n) is 12.2. The monoisotopic (exact) mass is 279 g/mol. The molecule has 0 aromatic heterocycles. The third kappa shape index (κ3) is 4.79. The van der Waals surface area contributed by atoms with Gasteiger partial charge in [0.15, 0.2) is 0 Å². The van der Waals surface area contributed by atoms with Gasteiger partial charge in [0, 0.05) is 16.9 Å². The lowest BCUT2D eigenvalue weighted by atomic mass is 10.1. The van der Waals surface area contributed by atoms with Crippen LogP contribution in [0.4, 0.5) is 11.4 Å². The Morgan fingerprint density at radius 1 is 1.30 bits per heavy atom. The molecule has 4 N–H and O–H groups in total. The van der Waals surface area contributed by atoms with Gasteiger partial charge in [-0.25, -0.2) is 4.79 Å². The molecule has 6 nitrogen and oxygen atoms in total. The number of nitrogens with one attached hydrogen (secondary N) is 2. The number of hydrogen-bond donors (Lipinski definition) is 3. The van der Waals surface area contributed by atoms with Crippen LogP contribution in [-0.4, -0.2) is 31.1 Å². The predicted octanol–water partition coefficient (Wildman–Crippen LogP) is 1.38. The van der Waals surface area contributed by atoms with E-state index in [0.717, 1.165) is 0 Å². The van der Waals surface area contributed by atoms with Gasteiger partial charge in [-0.2, -0.15) is 0 Å². The zero-order chi connectivity index (χ0) is 15.3. The number of nitrogens with two attached hydrogens (primary N) is 1. The zero-order valence-corrected chi connectivity index (χ0v) is 12.2. The Morgan fingerprint density at radius 2 is 1.95 bits per heavy atom. The van der Waals surface area contributed by atoms with Crippen molar-refractivity contribution in [2.45, 2.75) is 26.3 Å². The summed E-state index contributed by atoms with van der Waals surface area (Å²) in [5, 5.41) is 5.77. The Bertz CT molecular complexity index is 507. The lowest BCUT2D eigenvalue weighted by molar-refractivity contribution is -0.120. The van der Waals surface area contributed by atoms with Crippen LogP contribution in [0.1, 0.15) is 31.1 Å². The van der Waals surface area contributed by atoms with Crippen LogP contribution in [0.3, 0.4) is 0 Å². The van der Waals surface area contributed by atoms with Crippen LogP contribution in [0.15, 0.2) is 18.2 Å². The number of nitrogen functional groups attached to an aromatic ring is 1. The van der Waals surface area contributed by atoms with Crippen LogP contribution in [0.25, 0.3) is 0 Å². The van der Waals surface area contributed by atoms with Crippen LogP contribution in [0.2, 0.25) is 0 Å². The van der Waals surface area contributed by atoms with Gasteiger partial charge in [-0.1, -0.05) is 0 Å². The highest BCUT2D eigenvalue weighted by Crippen LogP contribution is 2.18. The van der Waals surface area contributed by atoms with Crippen LogP contribution in [-0.2, 0) is 9.53 Å². The lowest BCUT2D eigenvalue weighted by Crippen LogP contribution is -2.43. The highest BCUT2D eigenvalue weighted by Gasteiger charge is 2.14. The van der Waals surface area contributed by atoms with Crippen molar-refractivity contribution in [3.8, 4) is 0 Å². The minimum Gasteiger partial charge on any atom is -0.465 e. The highest BCUT2D eigenvalue weighted by atomic mass is 16.5. The normalized spacial score (nSPS) is 10.8. The maximum absolute atomic E-state index is 11.7. The van der Waals surface area contributed by atoms with Gasteiger partial charge in [0.25, 0.3) is 0 Å². The van der Waals surface area contributed by atoms with E-state index < -0.39 is 5.97 Å². The Kier molecular flexibility index (Phi) is 4.96. The third-order valence-corrected chi connectivity index (χ3v) is 2.43. The second-order valence-corrected chi connectivity index (χ2v) is 5.45. The van der Waals surface area contributed by atoms with E-state index in [9.17, 15) is 9.59 Å². The van der Waals surface area contributed by atoms with Gasteiger partial charge in [0.2, 0.25) is 5.91 Å². The minimum atomic E-state index is -0.509. The SMILES string of the molecule is COC(=O)c1cc(NCC(=O)NC(C)(C)C)ccc1N. The molecule has 0 saturated heterocycles. The first-order valence-corrected chi connectivity index (χ1v) is 6.25. The van der Waals surface area contributed by atoms with Crippen molar-refractivity contribution in [3.63, 3.8) is 0 Å². The molecule has 0 aliphatic heterocycles. The second-order valence-electron chi connectivity index (χ2n) is 5.45. The number of amides is 1. The van der Waals surface area contributed by atoms with Gasteiger partial charge >= 0.3 is 5.97 Å². The van der Waals surface area contributed by atoms with Gasteiger partial charge in [-0.3, -0.25) is 4.79 Å². The molecule has 1 aromatic rings.